The fraction of sp³-hybridized carbons (Fsp3) is 0.529. The highest BCUT2D eigenvalue weighted by atomic mass is 16.2. The second-order valence-corrected chi connectivity index (χ2v) is 6.00. The molecule has 2 aliphatic heterocycles. The maximum Gasteiger partial charge on any atom is 0.231 e. The molecule has 2 aliphatic rings. The van der Waals surface area contributed by atoms with E-state index in [1.807, 2.05) is 6.07 Å². The maximum atomic E-state index is 12.3. The minimum atomic E-state index is 0.0167. The van der Waals surface area contributed by atoms with Crippen molar-refractivity contribution in [3.63, 3.8) is 0 Å². The van der Waals surface area contributed by atoms with Crippen molar-refractivity contribution in [1.29, 1.82) is 0 Å². The summed E-state index contributed by atoms with van der Waals surface area (Å²) < 4.78 is 0. The predicted octanol–water partition coefficient (Wildman–Crippen LogP) is 2.21. The van der Waals surface area contributed by atoms with E-state index < -0.39 is 0 Å². The van der Waals surface area contributed by atoms with E-state index in [-0.39, 0.29) is 17.9 Å². The van der Waals surface area contributed by atoms with Gasteiger partial charge >= 0.3 is 0 Å². The molecule has 2 heterocycles. The number of carbonyl (C=O) groups excluding carboxylic acids is 1. The van der Waals surface area contributed by atoms with Gasteiger partial charge in [-0.05, 0) is 18.4 Å². The number of hydrogen-bond donors (Lipinski definition) is 1. The summed E-state index contributed by atoms with van der Waals surface area (Å²) in [7, 11) is 0. The van der Waals surface area contributed by atoms with Crippen LogP contribution in [0.1, 0.15) is 31.7 Å². The molecule has 1 saturated heterocycles. The first-order chi connectivity index (χ1) is 10.3. The average Bonchev–Trinajstić information content (AvgIpc) is 2.49. The van der Waals surface area contributed by atoms with Crippen LogP contribution in [0.2, 0.25) is 0 Å². The topological polar surface area (TPSA) is 44.7 Å². The minimum Gasteiger partial charge on any atom is -0.314 e. The summed E-state index contributed by atoms with van der Waals surface area (Å²) in [5.74, 6) is 1.07. The normalized spacial score (nSPS) is 26.0. The molecule has 0 aliphatic carbocycles. The van der Waals surface area contributed by atoms with Gasteiger partial charge < -0.3 is 5.32 Å². The molecule has 0 aromatic heterocycles. The van der Waals surface area contributed by atoms with Gasteiger partial charge in [0, 0.05) is 26.1 Å². The van der Waals surface area contributed by atoms with Crippen LogP contribution in [0.4, 0.5) is 0 Å². The van der Waals surface area contributed by atoms with Crippen LogP contribution in [0.15, 0.2) is 35.3 Å². The highest BCUT2D eigenvalue weighted by Crippen LogP contribution is 2.25. The van der Waals surface area contributed by atoms with Gasteiger partial charge in [-0.2, -0.15) is 0 Å². The van der Waals surface area contributed by atoms with Crippen LogP contribution in [0.25, 0.3) is 0 Å². The van der Waals surface area contributed by atoms with E-state index in [0.717, 1.165) is 44.7 Å². The van der Waals surface area contributed by atoms with Gasteiger partial charge in [0.15, 0.2) is 0 Å². The summed E-state index contributed by atoms with van der Waals surface area (Å²) in [5.41, 5.74) is 1.31. The number of piperidine rings is 1. The average molecular weight is 285 g/mol. The number of rotatable bonds is 4. The Kier molecular flexibility index (Phi) is 4.34. The lowest BCUT2D eigenvalue weighted by atomic mass is 9.90. The molecule has 0 radical (unpaired) electrons. The van der Waals surface area contributed by atoms with E-state index in [9.17, 15) is 4.79 Å². The first kappa shape index (κ1) is 14.3. The molecule has 21 heavy (non-hydrogen) atoms. The molecule has 4 heteroatoms. The monoisotopic (exact) mass is 285 g/mol. The van der Waals surface area contributed by atoms with E-state index in [1.54, 1.807) is 0 Å². The van der Waals surface area contributed by atoms with E-state index in [1.165, 1.54) is 5.56 Å². The summed E-state index contributed by atoms with van der Waals surface area (Å²) in [5, 5.41) is 2.99. The van der Waals surface area contributed by atoms with E-state index in [2.05, 4.69) is 41.4 Å². The quantitative estimate of drug-likeness (QED) is 0.922. The number of aliphatic imine (C=N–C) groups is 1. The van der Waals surface area contributed by atoms with E-state index in [4.69, 9.17) is 4.99 Å². The number of amides is 1. The van der Waals surface area contributed by atoms with Gasteiger partial charge in [-0.15, -0.1) is 0 Å². The van der Waals surface area contributed by atoms with Crippen molar-refractivity contribution in [2.45, 2.75) is 38.8 Å². The third kappa shape index (κ3) is 3.32. The Bertz CT molecular complexity index is 526. The Balaban J connectivity index is 1.65. The molecular formula is C17H23N3O. The van der Waals surface area contributed by atoms with Crippen molar-refractivity contribution >= 4 is 11.7 Å². The number of benzene rings is 1. The Morgan fingerprint density at radius 1 is 1.33 bits per heavy atom. The molecule has 112 valence electrons. The number of nitrogens with zero attached hydrogens (tertiary/aromatic N) is 2. The molecule has 4 nitrogen and oxygen atoms in total. The Hall–Kier alpha value is -1.68. The largest absolute Gasteiger partial charge is 0.314 e. The van der Waals surface area contributed by atoms with Gasteiger partial charge in [-0.1, -0.05) is 37.3 Å². The fourth-order valence-electron chi connectivity index (χ4n) is 3.24. The van der Waals surface area contributed by atoms with Crippen molar-refractivity contribution in [1.82, 2.24) is 10.2 Å². The van der Waals surface area contributed by atoms with E-state index in [0.29, 0.717) is 0 Å². The first-order valence-electron chi connectivity index (χ1n) is 7.90. The molecule has 0 saturated carbocycles. The van der Waals surface area contributed by atoms with E-state index >= 15 is 0 Å². The van der Waals surface area contributed by atoms with Crippen molar-refractivity contribution in [3.05, 3.63) is 35.9 Å². The molecule has 0 bridgehead atoms. The number of likely N-dealkylation sites (tertiary alicyclic amines) is 1. The molecule has 1 aromatic carbocycles. The first-order valence-corrected chi connectivity index (χ1v) is 7.90. The predicted molar refractivity (Wildman–Crippen MR) is 84.1 cm³/mol. The zero-order valence-corrected chi connectivity index (χ0v) is 12.6. The molecule has 1 amide bonds. The maximum absolute atomic E-state index is 12.3. The van der Waals surface area contributed by atoms with Gasteiger partial charge in [0.1, 0.15) is 5.84 Å². The fourth-order valence-corrected chi connectivity index (χ4v) is 3.24. The molecular weight excluding hydrogens is 262 g/mol. The van der Waals surface area contributed by atoms with Crippen LogP contribution >= 0.6 is 0 Å². The molecule has 2 unspecified atom stereocenters. The van der Waals surface area contributed by atoms with Crippen molar-refractivity contribution in [2.24, 2.45) is 10.9 Å². The Morgan fingerprint density at radius 2 is 2.14 bits per heavy atom. The lowest BCUT2D eigenvalue weighted by Gasteiger charge is -2.38. The van der Waals surface area contributed by atoms with Crippen molar-refractivity contribution in [3.8, 4) is 0 Å². The van der Waals surface area contributed by atoms with Crippen LogP contribution in [0, 0.1) is 5.92 Å². The lowest BCUT2D eigenvalue weighted by molar-refractivity contribution is -0.126. The van der Waals surface area contributed by atoms with Crippen LogP contribution in [0.5, 0.6) is 0 Å². The number of nitrogens with one attached hydrogen (secondary N) is 1. The highest BCUT2D eigenvalue weighted by molar-refractivity contribution is 6.01. The lowest BCUT2D eigenvalue weighted by Crippen LogP contribution is -2.53. The van der Waals surface area contributed by atoms with Crippen LogP contribution < -0.4 is 5.32 Å². The zero-order valence-electron chi connectivity index (χ0n) is 12.6. The SMILES string of the molecule is CCCC1=NC2CCN(Cc3ccccc3)CC2C(=O)N1. The van der Waals surface area contributed by atoms with Gasteiger partial charge in [-0.3, -0.25) is 14.7 Å². The number of hydrogen-bond acceptors (Lipinski definition) is 3. The number of fused-ring (bicyclic) bond motifs is 1. The standard InChI is InChI=1S/C17H23N3O/c1-2-6-16-18-15-9-10-20(12-14(15)17(21)19-16)11-13-7-4-3-5-8-13/h3-5,7-8,14-15H,2,6,9-12H2,1H3,(H,18,19,21). The molecule has 1 N–H and O–H groups in total. The molecule has 2 atom stereocenters. The second-order valence-electron chi connectivity index (χ2n) is 6.00. The van der Waals surface area contributed by atoms with Crippen LogP contribution in [0.3, 0.4) is 0 Å². The van der Waals surface area contributed by atoms with Gasteiger partial charge in [0.25, 0.3) is 0 Å². The Morgan fingerprint density at radius 3 is 2.90 bits per heavy atom. The summed E-state index contributed by atoms with van der Waals surface area (Å²) in [4.78, 5) is 19.4. The van der Waals surface area contributed by atoms with Gasteiger partial charge in [0.05, 0.1) is 12.0 Å². The zero-order chi connectivity index (χ0) is 14.7. The minimum absolute atomic E-state index is 0.0167. The van der Waals surface area contributed by atoms with Crippen LogP contribution in [-0.4, -0.2) is 35.8 Å². The molecule has 0 spiro atoms. The molecule has 1 aromatic rings. The van der Waals surface area contributed by atoms with Gasteiger partial charge in [-0.25, -0.2) is 0 Å². The summed E-state index contributed by atoms with van der Waals surface area (Å²) in [6, 6.07) is 10.6. The highest BCUT2D eigenvalue weighted by Gasteiger charge is 2.37. The third-order valence-electron chi connectivity index (χ3n) is 4.32. The number of carbonyl (C=O) groups is 1. The third-order valence-corrected chi connectivity index (χ3v) is 4.32. The summed E-state index contributed by atoms with van der Waals surface area (Å²) in [6.45, 7) is 4.87. The number of amidine groups is 1. The summed E-state index contributed by atoms with van der Waals surface area (Å²) in [6.07, 6.45) is 2.89. The van der Waals surface area contributed by atoms with Crippen molar-refractivity contribution in [2.75, 3.05) is 13.1 Å². The molecule has 3 rings (SSSR count). The summed E-state index contributed by atoms with van der Waals surface area (Å²) >= 11 is 0. The molecule has 1 fully saturated rings. The second kappa shape index (κ2) is 6.39. The van der Waals surface area contributed by atoms with Crippen LogP contribution in [-0.2, 0) is 11.3 Å². The van der Waals surface area contributed by atoms with Crippen molar-refractivity contribution < 1.29 is 4.79 Å². The van der Waals surface area contributed by atoms with Gasteiger partial charge in [0.2, 0.25) is 5.91 Å². The smallest absolute Gasteiger partial charge is 0.231 e. The Labute approximate surface area is 126 Å².